The van der Waals surface area contributed by atoms with Crippen LogP contribution in [0.4, 0.5) is 5.69 Å². The fourth-order valence-corrected chi connectivity index (χ4v) is 2.85. The molecule has 0 aliphatic carbocycles. The number of nitrogens with one attached hydrogen (secondary N) is 2. The van der Waals surface area contributed by atoms with Gasteiger partial charge in [0.2, 0.25) is 5.91 Å². The summed E-state index contributed by atoms with van der Waals surface area (Å²) in [5.41, 5.74) is 1.80. The summed E-state index contributed by atoms with van der Waals surface area (Å²) in [5.74, 6) is 0.889. The first-order valence-electron chi connectivity index (χ1n) is 8.06. The molecule has 1 aromatic heterocycles. The lowest BCUT2D eigenvalue weighted by Crippen LogP contribution is -2.32. The molecule has 0 fully saturated rings. The van der Waals surface area contributed by atoms with E-state index in [0.717, 1.165) is 5.75 Å². The molecule has 0 aliphatic rings. The predicted octanol–water partition coefficient (Wildman–Crippen LogP) is 4.22. The molecule has 26 heavy (non-hydrogen) atoms. The van der Waals surface area contributed by atoms with Crippen molar-refractivity contribution in [3.05, 3.63) is 76.5 Å². The van der Waals surface area contributed by atoms with Crippen LogP contribution in [-0.4, -0.2) is 18.4 Å². The second-order valence-electron chi connectivity index (χ2n) is 5.65. The molecule has 0 atom stereocenters. The monoisotopic (exact) mass is 366 g/mol. The largest absolute Gasteiger partial charge is 0.457 e. The highest BCUT2D eigenvalue weighted by Gasteiger charge is 2.09. The third-order valence-corrected chi connectivity index (χ3v) is 4.42. The summed E-state index contributed by atoms with van der Waals surface area (Å²) in [6, 6.07) is 18.3. The van der Waals surface area contributed by atoms with E-state index < -0.39 is 0 Å². The summed E-state index contributed by atoms with van der Waals surface area (Å²) in [7, 11) is 0. The highest BCUT2D eigenvalue weighted by atomic mass is 32.1. The molecule has 0 spiro atoms. The first kappa shape index (κ1) is 17.7. The van der Waals surface area contributed by atoms with Gasteiger partial charge < -0.3 is 15.4 Å². The van der Waals surface area contributed by atoms with Crippen LogP contribution >= 0.6 is 11.3 Å². The van der Waals surface area contributed by atoms with Gasteiger partial charge in [-0.1, -0.05) is 23.8 Å². The second-order valence-corrected chi connectivity index (χ2v) is 6.60. The number of carbonyl (C=O) groups excluding carboxylic acids is 2. The van der Waals surface area contributed by atoms with Gasteiger partial charge in [-0.25, -0.2) is 0 Å². The lowest BCUT2D eigenvalue weighted by atomic mass is 10.2. The van der Waals surface area contributed by atoms with Crippen molar-refractivity contribution < 1.29 is 14.3 Å². The van der Waals surface area contributed by atoms with E-state index in [1.54, 1.807) is 36.4 Å². The van der Waals surface area contributed by atoms with E-state index in [9.17, 15) is 9.59 Å². The molecule has 2 amide bonds. The summed E-state index contributed by atoms with van der Waals surface area (Å²) >= 11 is 1.33. The maximum atomic E-state index is 11.9. The highest BCUT2D eigenvalue weighted by molar-refractivity contribution is 7.12. The zero-order valence-electron chi connectivity index (χ0n) is 14.2. The number of hydrogen-bond donors (Lipinski definition) is 2. The molecule has 2 N–H and O–H groups in total. The van der Waals surface area contributed by atoms with Gasteiger partial charge in [0.1, 0.15) is 11.5 Å². The van der Waals surface area contributed by atoms with Crippen LogP contribution in [0.3, 0.4) is 0 Å². The van der Waals surface area contributed by atoms with Crippen LogP contribution in [0.5, 0.6) is 11.5 Å². The Balaban J connectivity index is 1.49. The summed E-state index contributed by atoms with van der Waals surface area (Å²) in [6.45, 7) is 1.93. The van der Waals surface area contributed by atoms with Crippen LogP contribution in [0.1, 0.15) is 15.2 Å². The topological polar surface area (TPSA) is 67.4 Å². The summed E-state index contributed by atoms with van der Waals surface area (Å²) in [5, 5.41) is 7.14. The molecule has 0 aliphatic heterocycles. The third-order valence-electron chi connectivity index (χ3n) is 3.55. The predicted molar refractivity (Wildman–Crippen MR) is 103 cm³/mol. The molecule has 5 nitrogen and oxygen atoms in total. The van der Waals surface area contributed by atoms with Crippen molar-refractivity contribution in [2.45, 2.75) is 6.92 Å². The Kier molecular flexibility index (Phi) is 5.66. The Morgan fingerprint density at radius 2 is 1.62 bits per heavy atom. The number of benzene rings is 2. The smallest absolute Gasteiger partial charge is 0.261 e. The lowest BCUT2D eigenvalue weighted by Gasteiger charge is -2.09. The van der Waals surface area contributed by atoms with E-state index in [-0.39, 0.29) is 18.4 Å². The maximum Gasteiger partial charge on any atom is 0.261 e. The molecule has 0 bridgehead atoms. The third kappa shape index (κ3) is 4.94. The Bertz CT molecular complexity index is 872. The lowest BCUT2D eigenvalue weighted by molar-refractivity contribution is -0.115. The van der Waals surface area contributed by atoms with Gasteiger partial charge in [0.05, 0.1) is 11.4 Å². The van der Waals surface area contributed by atoms with Crippen LogP contribution in [0.15, 0.2) is 66.0 Å². The minimum absolute atomic E-state index is 0.0850. The molecule has 1 heterocycles. The average molecular weight is 366 g/mol. The molecule has 3 aromatic rings. The van der Waals surface area contributed by atoms with Crippen molar-refractivity contribution in [1.29, 1.82) is 0 Å². The van der Waals surface area contributed by atoms with Gasteiger partial charge in [-0.15, -0.1) is 11.3 Å². The Morgan fingerprint density at radius 3 is 2.23 bits per heavy atom. The van der Waals surface area contributed by atoms with Crippen LogP contribution in [0.25, 0.3) is 0 Å². The first-order valence-corrected chi connectivity index (χ1v) is 8.94. The van der Waals surface area contributed by atoms with Gasteiger partial charge in [0.25, 0.3) is 5.91 Å². The van der Waals surface area contributed by atoms with E-state index in [1.807, 2.05) is 36.6 Å². The van der Waals surface area contributed by atoms with Crippen LogP contribution in [-0.2, 0) is 4.79 Å². The number of hydrogen-bond acceptors (Lipinski definition) is 4. The minimum atomic E-state index is -0.290. The molecular formula is C20H18N2O3S. The van der Waals surface area contributed by atoms with Crippen molar-refractivity contribution in [1.82, 2.24) is 5.32 Å². The SMILES string of the molecule is Cc1ccc(Oc2ccc(NC(=O)CNC(=O)c3cccs3)cc2)cc1. The number of anilines is 1. The number of amides is 2. The highest BCUT2D eigenvalue weighted by Crippen LogP contribution is 2.23. The van der Waals surface area contributed by atoms with Gasteiger partial charge in [-0.05, 0) is 54.8 Å². The molecular weight excluding hydrogens is 348 g/mol. The zero-order valence-corrected chi connectivity index (χ0v) is 15.0. The van der Waals surface area contributed by atoms with Crippen molar-refractivity contribution in [2.24, 2.45) is 0 Å². The molecule has 6 heteroatoms. The molecule has 0 saturated heterocycles. The van der Waals surface area contributed by atoms with Gasteiger partial charge in [-0.3, -0.25) is 9.59 Å². The van der Waals surface area contributed by atoms with Crippen molar-refractivity contribution in [3.8, 4) is 11.5 Å². The summed E-state index contributed by atoms with van der Waals surface area (Å²) in [4.78, 5) is 24.3. The summed E-state index contributed by atoms with van der Waals surface area (Å²) in [6.07, 6.45) is 0. The van der Waals surface area contributed by atoms with Crippen LogP contribution < -0.4 is 15.4 Å². The van der Waals surface area contributed by atoms with Crippen molar-refractivity contribution in [2.75, 3.05) is 11.9 Å². The number of aryl methyl sites for hydroxylation is 1. The quantitative estimate of drug-likeness (QED) is 0.686. The molecule has 0 saturated carbocycles. The second kappa shape index (κ2) is 8.31. The van der Waals surface area contributed by atoms with Gasteiger partial charge >= 0.3 is 0 Å². The van der Waals surface area contributed by atoms with E-state index >= 15 is 0 Å². The number of thiophene rings is 1. The zero-order chi connectivity index (χ0) is 18.4. The fraction of sp³-hybridized carbons (Fsp3) is 0.100. The Morgan fingerprint density at radius 1 is 0.962 bits per heavy atom. The van der Waals surface area contributed by atoms with E-state index in [2.05, 4.69) is 10.6 Å². The minimum Gasteiger partial charge on any atom is -0.457 e. The van der Waals surface area contributed by atoms with Gasteiger partial charge in [0, 0.05) is 5.69 Å². The standard InChI is InChI=1S/C20H18N2O3S/c1-14-4-8-16(9-5-14)25-17-10-6-15(7-11-17)22-19(23)13-21-20(24)18-3-2-12-26-18/h2-12H,13H2,1H3,(H,21,24)(H,22,23). The normalized spacial score (nSPS) is 10.2. The molecule has 0 unspecified atom stereocenters. The molecule has 3 rings (SSSR count). The average Bonchev–Trinajstić information content (AvgIpc) is 3.18. The Labute approximate surface area is 155 Å². The molecule has 0 radical (unpaired) electrons. The summed E-state index contributed by atoms with van der Waals surface area (Å²) < 4.78 is 5.75. The van der Waals surface area contributed by atoms with E-state index in [4.69, 9.17) is 4.74 Å². The van der Waals surface area contributed by atoms with Crippen LogP contribution in [0, 0.1) is 6.92 Å². The van der Waals surface area contributed by atoms with Gasteiger partial charge in [0.15, 0.2) is 0 Å². The maximum absolute atomic E-state index is 11.9. The van der Waals surface area contributed by atoms with Crippen molar-refractivity contribution >= 4 is 28.8 Å². The molecule has 2 aromatic carbocycles. The van der Waals surface area contributed by atoms with Crippen molar-refractivity contribution in [3.63, 3.8) is 0 Å². The number of carbonyl (C=O) groups is 2. The first-order chi connectivity index (χ1) is 12.6. The van der Waals surface area contributed by atoms with Gasteiger partial charge in [-0.2, -0.15) is 0 Å². The van der Waals surface area contributed by atoms with E-state index in [1.165, 1.54) is 16.9 Å². The van der Waals surface area contributed by atoms with Crippen LogP contribution in [0.2, 0.25) is 0 Å². The fourth-order valence-electron chi connectivity index (χ4n) is 2.21. The van der Waals surface area contributed by atoms with E-state index in [0.29, 0.717) is 16.3 Å². The molecule has 132 valence electrons. The number of rotatable bonds is 6. The Hall–Kier alpha value is -3.12. The number of ether oxygens (including phenoxy) is 1.